The molecule has 0 bridgehead atoms. The van der Waals surface area contributed by atoms with Gasteiger partial charge in [0.2, 0.25) is 0 Å². The average Bonchev–Trinajstić information content (AvgIpc) is 2.81. The smallest absolute Gasteiger partial charge is 0.0162 e. The lowest BCUT2D eigenvalue weighted by atomic mass is 9.77. The van der Waals surface area contributed by atoms with Gasteiger partial charge >= 0.3 is 0 Å². The van der Waals surface area contributed by atoms with Crippen molar-refractivity contribution in [2.45, 2.75) is 89.9 Å². The van der Waals surface area contributed by atoms with Gasteiger partial charge in [-0.15, -0.1) is 6.58 Å². The second kappa shape index (κ2) is 10.5. The van der Waals surface area contributed by atoms with Gasteiger partial charge in [0, 0.05) is 0 Å². The summed E-state index contributed by atoms with van der Waals surface area (Å²) in [6.45, 7) is 6.19. The van der Waals surface area contributed by atoms with Crippen molar-refractivity contribution in [2.75, 3.05) is 0 Å². The summed E-state index contributed by atoms with van der Waals surface area (Å²) in [4.78, 5) is 0. The van der Waals surface area contributed by atoms with Gasteiger partial charge in [-0.25, -0.2) is 0 Å². The Morgan fingerprint density at radius 1 is 0.833 bits per heavy atom. The first kappa shape index (κ1) is 21.4. The molecule has 30 heavy (non-hydrogen) atoms. The van der Waals surface area contributed by atoms with E-state index in [9.17, 15) is 0 Å². The van der Waals surface area contributed by atoms with Crippen molar-refractivity contribution < 1.29 is 0 Å². The molecule has 2 aromatic carbocycles. The third-order valence-electron chi connectivity index (χ3n) is 7.84. The molecule has 1 unspecified atom stereocenters. The standard InChI is InChI=1S/C30H40/c1-3-5-7-23-9-12-25(13-10-23)26-15-17-27(18-16-26)29-20-19-28-21-24(8-6-4-2)11-14-30(28)22-29/h3,15-20,22-25H,1,4-14,21H2,2H3. The third kappa shape index (κ3) is 5.26. The van der Waals surface area contributed by atoms with Crippen LogP contribution in [0.4, 0.5) is 0 Å². The Bertz CT molecular complexity index is 804. The van der Waals surface area contributed by atoms with Crippen LogP contribution < -0.4 is 0 Å². The van der Waals surface area contributed by atoms with Crippen LogP contribution in [0.25, 0.3) is 11.1 Å². The maximum absolute atomic E-state index is 3.88. The molecule has 2 aliphatic carbocycles. The third-order valence-corrected chi connectivity index (χ3v) is 7.84. The predicted molar refractivity (Wildman–Crippen MR) is 131 cm³/mol. The lowest BCUT2D eigenvalue weighted by Crippen LogP contribution is -2.14. The van der Waals surface area contributed by atoms with Gasteiger partial charge in [0.05, 0.1) is 0 Å². The highest BCUT2D eigenvalue weighted by Gasteiger charge is 2.22. The molecule has 0 N–H and O–H groups in total. The number of fused-ring (bicyclic) bond motifs is 1. The zero-order valence-corrected chi connectivity index (χ0v) is 19.0. The van der Waals surface area contributed by atoms with Gasteiger partial charge in [-0.1, -0.05) is 74.7 Å². The molecule has 0 aliphatic heterocycles. The number of aryl methyl sites for hydroxylation is 1. The largest absolute Gasteiger partial charge is 0.103 e. The fourth-order valence-corrected chi connectivity index (χ4v) is 5.83. The maximum Gasteiger partial charge on any atom is -0.0162 e. The number of hydrogen-bond donors (Lipinski definition) is 0. The first-order valence-electron chi connectivity index (χ1n) is 12.6. The Kier molecular flexibility index (Phi) is 7.47. The van der Waals surface area contributed by atoms with E-state index in [1.54, 1.807) is 16.7 Å². The molecule has 2 aromatic rings. The first-order valence-corrected chi connectivity index (χ1v) is 12.6. The molecule has 0 amide bonds. The molecule has 1 atom stereocenters. The maximum atomic E-state index is 3.88. The Labute approximate surface area is 184 Å². The predicted octanol–water partition coefficient (Wildman–Crippen LogP) is 8.89. The monoisotopic (exact) mass is 400 g/mol. The summed E-state index contributed by atoms with van der Waals surface area (Å²) in [7, 11) is 0. The van der Waals surface area contributed by atoms with Crippen LogP contribution in [0, 0.1) is 11.8 Å². The minimum Gasteiger partial charge on any atom is -0.103 e. The molecular formula is C30H40. The Morgan fingerprint density at radius 3 is 2.33 bits per heavy atom. The SMILES string of the molecule is C=CCCC1CCC(c2ccc(-c3ccc4c(c3)CCC(CCCC)C4)cc2)CC1. The molecule has 1 saturated carbocycles. The van der Waals surface area contributed by atoms with Gasteiger partial charge in [0.15, 0.2) is 0 Å². The Hall–Kier alpha value is -1.82. The van der Waals surface area contributed by atoms with Crippen molar-refractivity contribution in [3.8, 4) is 11.1 Å². The van der Waals surface area contributed by atoms with E-state index in [2.05, 4.69) is 62.0 Å². The zero-order chi connectivity index (χ0) is 20.8. The number of rotatable bonds is 8. The van der Waals surface area contributed by atoms with Crippen molar-refractivity contribution in [3.05, 3.63) is 71.8 Å². The zero-order valence-electron chi connectivity index (χ0n) is 19.0. The van der Waals surface area contributed by atoms with E-state index in [1.165, 1.54) is 88.2 Å². The molecule has 0 heterocycles. The summed E-state index contributed by atoms with van der Waals surface area (Å²) in [6, 6.07) is 16.8. The lowest BCUT2D eigenvalue weighted by Gasteiger charge is -2.28. The van der Waals surface area contributed by atoms with Crippen LogP contribution in [0.2, 0.25) is 0 Å². The van der Waals surface area contributed by atoms with Crippen molar-refractivity contribution in [1.29, 1.82) is 0 Å². The number of benzene rings is 2. The summed E-state index contributed by atoms with van der Waals surface area (Å²) < 4.78 is 0. The highest BCUT2D eigenvalue weighted by Crippen LogP contribution is 2.38. The molecule has 2 aliphatic rings. The van der Waals surface area contributed by atoms with Crippen molar-refractivity contribution in [2.24, 2.45) is 11.8 Å². The van der Waals surface area contributed by atoms with Gasteiger partial charge in [0.1, 0.15) is 0 Å². The number of hydrogen-bond acceptors (Lipinski definition) is 0. The first-order chi connectivity index (χ1) is 14.8. The minimum atomic E-state index is 0.766. The summed E-state index contributed by atoms with van der Waals surface area (Å²) in [5.74, 6) is 2.60. The van der Waals surface area contributed by atoms with E-state index in [0.717, 1.165) is 17.8 Å². The summed E-state index contributed by atoms with van der Waals surface area (Å²) >= 11 is 0. The molecule has 0 aromatic heterocycles. The van der Waals surface area contributed by atoms with Gasteiger partial charge in [-0.3, -0.25) is 0 Å². The van der Waals surface area contributed by atoms with Crippen molar-refractivity contribution in [1.82, 2.24) is 0 Å². The second-order valence-electron chi connectivity index (χ2n) is 9.94. The fourth-order valence-electron chi connectivity index (χ4n) is 5.83. The molecule has 1 fully saturated rings. The van der Waals surface area contributed by atoms with Crippen LogP contribution in [-0.4, -0.2) is 0 Å². The Morgan fingerprint density at radius 2 is 1.60 bits per heavy atom. The fraction of sp³-hybridized carbons (Fsp3) is 0.533. The molecule has 0 radical (unpaired) electrons. The van der Waals surface area contributed by atoms with Crippen LogP contribution in [0.1, 0.15) is 93.7 Å². The highest BCUT2D eigenvalue weighted by molar-refractivity contribution is 5.65. The van der Waals surface area contributed by atoms with E-state index < -0.39 is 0 Å². The second-order valence-corrected chi connectivity index (χ2v) is 9.94. The molecule has 0 nitrogen and oxygen atoms in total. The average molecular weight is 401 g/mol. The molecule has 0 heteroatoms. The van der Waals surface area contributed by atoms with Crippen LogP contribution >= 0.6 is 0 Å². The minimum absolute atomic E-state index is 0.766. The van der Waals surface area contributed by atoms with Crippen molar-refractivity contribution >= 4 is 0 Å². The number of allylic oxidation sites excluding steroid dienone is 1. The van der Waals surface area contributed by atoms with Crippen LogP contribution in [-0.2, 0) is 12.8 Å². The summed E-state index contributed by atoms with van der Waals surface area (Å²) in [6.07, 6.45) is 18.2. The molecule has 4 rings (SSSR count). The summed E-state index contributed by atoms with van der Waals surface area (Å²) in [5, 5.41) is 0. The van der Waals surface area contributed by atoms with E-state index in [-0.39, 0.29) is 0 Å². The highest BCUT2D eigenvalue weighted by atomic mass is 14.3. The van der Waals surface area contributed by atoms with Gasteiger partial charge in [0.25, 0.3) is 0 Å². The van der Waals surface area contributed by atoms with E-state index in [1.807, 2.05) is 0 Å². The molecular weight excluding hydrogens is 360 g/mol. The van der Waals surface area contributed by atoms with E-state index in [4.69, 9.17) is 0 Å². The van der Waals surface area contributed by atoms with Crippen LogP contribution in [0.5, 0.6) is 0 Å². The van der Waals surface area contributed by atoms with Gasteiger partial charge in [-0.05, 0) is 103 Å². The van der Waals surface area contributed by atoms with Crippen LogP contribution in [0.3, 0.4) is 0 Å². The van der Waals surface area contributed by atoms with Gasteiger partial charge in [-0.2, -0.15) is 0 Å². The summed E-state index contributed by atoms with van der Waals surface area (Å²) in [5.41, 5.74) is 7.55. The normalized spacial score (nSPS) is 23.7. The number of unbranched alkanes of at least 4 members (excludes halogenated alkanes) is 1. The van der Waals surface area contributed by atoms with E-state index >= 15 is 0 Å². The molecule has 0 spiro atoms. The lowest BCUT2D eigenvalue weighted by molar-refractivity contribution is 0.312. The quantitative estimate of drug-likeness (QED) is 0.388. The molecule has 160 valence electrons. The Balaban J connectivity index is 1.37. The van der Waals surface area contributed by atoms with Crippen LogP contribution in [0.15, 0.2) is 55.1 Å². The molecule has 0 saturated heterocycles. The van der Waals surface area contributed by atoms with Gasteiger partial charge < -0.3 is 0 Å². The van der Waals surface area contributed by atoms with E-state index in [0.29, 0.717) is 0 Å². The van der Waals surface area contributed by atoms with Crippen molar-refractivity contribution in [3.63, 3.8) is 0 Å². The topological polar surface area (TPSA) is 0 Å².